The third-order valence-corrected chi connectivity index (χ3v) is 3.94. The smallest absolute Gasteiger partial charge is 0.0977 e. The second-order valence-electron chi connectivity index (χ2n) is 4.67. The fraction of sp³-hybridized carbons (Fsp3) is 0.692. The average molecular weight is 194 g/mol. The summed E-state index contributed by atoms with van der Waals surface area (Å²) in [4.78, 5) is 0. The van der Waals surface area contributed by atoms with Crippen LogP contribution in [-0.2, 0) is 0 Å². The van der Waals surface area contributed by atoms with Gasteiger partial charge >= 0.3 is 0 Å². The lowest BCUT2D eigenvalue weighted by Crippen LogP contribution is -2.61. The third-order valence-electron chi connectivity index (χ3n) is 3.94. The van der Waals surface area contributed by atoms with Crippen molar-refractivity contribution in [2.45, 2.75) is 45.2 Å². The molecule has 1 aliphatic heterocycles. The number of quaternary nitrogens is 1. The van der Waals surface area contributed by atoms with E-state index in [9.17, 15) is 0 Å². The number of rotatable bonds is 4. The Morgan fingerprint density at radius 2 is 1.50 bits per heavy atom. The minimum absolute atomic E-state index is 0.759. The number of nitrogens with zero attached hydrogens (tertiary/aromatic N) is 1. The molecule has 0 saturated carbocycles. The molecular formula is C13H24N+. The Morgan fingerprint density at radius 3 is 1.86 bits per heavy atom. The highest BCUT2D eigenvalue weighted by atomic mass is 15.4. The van der Waals surface area contributed by atoms with Crippen LogP contribution in [0, 0.1) is 0 Å². The van der Waals surface area contributed by atoms with Gasteiger partial charge in [-0.05, 0) is 45.3 Å². The van der Waals surface area contributed by atoms with Gasteiger partial charge in [0.25, 0.3) is 0 Å². The van der Waals surface area contributed by atoms with Gasteiger partial charge in [-0.15, -0.1) is 0 Å². The predicted octanol–water partition coefficient (Wildman–Crippen LogP) is 3.14. The third kappa shape index (κ3) is 1.93. The molecule has 0 bridgehead atoms. The molecule has 0 radical (unpaired) electrons. The van der Waals surface area contributed by atoms with Crippen LogP contribution >= 0.6 is 0 Å². The summed E-state index contributed by atoms with van der Waals surface area (Å²) in [7, 11) is 0. The van der Waals surface area contributed by atoms with E-state index in [0.29, 0.717) is 0 Å². The van der Waals surface area contributed by atoms with Crippen molar-refractivity contribution in [3.8, 4) is 0 Å². The topological polar surface area (TPSA) is 0 Å². The lowest BCUT2D eigenvalue weighted by Gasteiger charge is -2.50. The lowest BCUT2D eigenvalue weighted by molar-refractivity contribution is -0.965. The van der Waals surface area contributed by atoms with Crippen molar-refractivity contribution in [2.75, 3.05) is 13.1 Å². The SMILES string of the molecule is C=CC[N+]1(CC=C)[C@H](C)CCC[C@@H]1C. The van der Waals surface area contributed by atoms with Gasteiger partial charge < -0.3 is 4.48 Å². The maximum Gasteiger partial charge on any atom is 0.0977 e. The summed E-state index contributed by atoms with van der Waals surface area (Å²) in [5.74, 6) is 0. The molecule has 1 fully saturated rings. The summed E-state index contributed by atoms with van der Waals surface area (Å²) in [6.45, 7) is 14.7. The Bertz CT molecular complexity index is 185. The van der Waals surface area contributed by atoms with Gasteiger partial charge in [-0.2, -0.15) is 0 Å². The molecular weight excluding hydrogens is 170 g/mol. The Hall–Kier alpha value is -0.560. The Balaban J connectivity index is 2.87. The molecule has 1 saturated heterocycles. The van der Waals surface area contributed by atoms with Gasteiger partial charge in [-0.1, -0.05) is 13.2 Å². The molecule has 0 aromatic carbocycles. The summed E-state index contributed by atoms with van der Waals surface area (Å²) in [5, 5.41) is 0. The normalized spacial score (nSPS) is 31.0. The van der Waals surface area contributed by atoms with Crippen molar-refractivity contribution in [3.63, 3.8) is 0 Å². The second-order valence-corrected chi connectivity index (χ2v) is 4.67. The number of hydrogen-bond donors (Lipinski definition) is 0. The average Bonchev–Trinajstić information content (AvgIpc) is 2.15. The van der Waals surface area contributed by atoms with Crippen LogP contribution < -0.4 is 0 Å². The zero-order valence-corrected chi connectivity index (χ0v) is 9.71. The highest BCUT2D eigenvalue weighted by molar-refractivity contribution is 4.79. The summed E-state index contributed by atoms with van der Waals surface area (Å²) in [6.07, 6.45) is 8.23. The fourth-order valence-corrected chi connectivity index (χ4v) is 2.93. The quantitative estimate of drug-likeness (QED) is 0.476. The van der Waals surface area contributed by atoms with E-state index in [1.54, 1.807) is 0 Å². The van der Waals surface area contributed by atoms with Crippen molar-refractivity contribution in [1.82, 2.24) is 0 Å². The molecule has 0 unspecified atom stereocenters. The van der Waals surface area contributed by atoms with E-state index in [1.165, 1.54) is 23.7 Å². The maximum absolute atomic E-state index is 3.90. The lowest BCUT2D eigenvalue weighted by atomic mass is 9.93. The first kappa shape index (κ1) is 11.5. The monoisotopic (exact) mass is 194 g/mol. The predicted molar refractivity (Wildman–Crippen MR) is 63.2 cm³/mol. The van der Waals surface area contributed by atoms with Crippen LogP contribution in [0.1, 0.15) is 33.1 Å². The zero-order valence-electron chi connectivity index (χ0n) is 9.71. The molecule has 0 spiro atoms. The van der Waals surface area contributed by atoms with Gasteiger partial charge in [0.2, 0.25) is 0 Å². The fourth-order valence-electron chi connectivity index (χ4n) is 2.93. The van der Waals surface area contributed by atoms with Crippen LogP contribution in [0.5, 0.6) is 0 Å². The summed E-state index contributed by atoms with van der Waals surface area (Å²) < 4.78 is 1.17. The van der Waals surface area contributed by atoms with Crippen molar-refractivity contribution in [2.24, 2.45) is 0 Å². The zero-order chi connectivity index (χ0) is 10.6. The summed E-state index contributed by atoms with van der Waals surface area (Å²) in [5.41, 5.74) is 0. The van der Waals surface area contributed by atoms with Crippen LogP contribution in [0.15, 0.2) is 25.3 Å². The molecule has 1 nitrogen and oxygen atoms in total. The molecule has 0 amide bonds. The highest BCUT2D eigenvalue weighted by Crippen LogP contribution is 2.31. The molecule has 80 valence electrons. The minimum atomic E-state index is 0.759. The van der Waals surface area contributed by atoms with Crippen LogP contribution in [0.25, 0.3) is 0 Å². The molecule has 1 rings (SSSR count). The van der Waals surface area contributed by atoms with Gasteiger partial charge in [0, 0.05) is 0 Å². The molecule has 1 heterocycles. The highest BCUT2D eigenvalue weighted by Gasteiger charge is 2.39. The van der Waals surface area contributed by atoms with Gasteiger partial charge in [0.1, 0.15) is 0 Å². The molecule has 0 aromatic heterocycles. The molecule has 0 aliphatic carbocycles. The van der Waals surface area contributed by atoms with E-state index in [2.05, 4.69) is 39.2 Å². The van der Waals surface area contributed by atoms with Crippen molar-refractivity contribution in [3.05, 3.63) is 25.3 Å². The molecule has 2 atom stereocenters. The summed E-state index contributed by atoms with van der Waals surface area (Å²) >= 11 is 0. The van der Waals surface area contributed by atoms with Crippen molar-refractivity contribution < 1.29 is 4.48 Å². The van der Waals surface area contributed by atoms with Crippen LogP contribution in [0.3, 0.4) is 0 Å². The number of piperidine rings is 1. The maximum atomic E-state index is 3.90. The Labute approximate surface area is 88.7 Å². The van der Waals surface area contributed by atoms with Crippen molar-refractivity contribution >= 4 is 0 Å². The Morgan fingerprint density at radius 1 is 1.07 bits per heavy atom. The first-order chi connectivity index (χ1) is 6.67. The minimum Gasteiger partial charge on any atom is -0.313 e. The molecule has 1 aliphatic rings. The van der Waals surface area contributed by atoms with E-state index < -0.39 is 0 Å². The second kappa shape index (κ2) is 4.79. The number of likely N-dealkylation sites (tertiary alicyclic amines) is 1. The van der Waals surface area contributed by atoms with E-state index >= 15 is 0 Å². The molecule has 0 N–H and O–H groups in total. The van der Waals surface area contributed by atoms with Crippen molar-refractivity contribution in [1.29, 1.82) is 0 Å². The standard InChI is InChI=1S/C13H24N/c1-5-10-14(11-6-2)12(3)8-7-9-13(14)4/h5-6,12-13H,1-2,7-11H2,3-4H3/q+1/t12-,13+. The molecule has 0 aromatic rings. The van der Waals surface area contributed by atoms with Crippen LogP contribution in [0.4, 0.5) is 0 Å². The van der Waals surface area contributed by atoms with E-state index in [0.717, 1.165) is 25.2 Å². The summed E-state index contributed by atoms with van der Waals surface area (Å²) in [6, 6.07) is 1.52. The van der Waals surface area contributed by atoms with Gasteiger partial charge in [0.05, 0.1) is 25.2 Å². The van der Waals surface area contributed by atoms with E-state index in [4.69, 9.17) is 0 Å². The molecule has 14 heavy (non-hydrogen) atoms. The Kier molecular flexibility index (Phi) is 3.94. The largest absolute Gasteiger partial charge is 0.313 e. The van der Waals surface area contributed by atoms with Crippen LogP contribution in [-0.4, -0.2) is 29.7 Å². The van der Waals surface area contributed by atoms with Gasteiger partial charge in [-0.25, -0.2) is 0 Å². The van der Waals surface area contributed by atoms with Crippen LogP contribution in [0.2, 0.25) is 0 Å². The first-order valence-electron chi connectivity index (χ1n) is 5.75. The first-order valence-corrected chi connectivity index (χ1v) is 5.75. The molecule has 1 heteroatoms. The van der Waals surface area contributed by atoms with Gasteiger partial charge in [-0.3, -0.25) is 0 Å². The van der Waals surface area contributed by atoms with E-state index in [-0.39, 0.29) is 0 Å². The van der Waals surface area contributed by atoms with E-state index in [1.807, 2.05) is 0 Å². The number of hydrogen-bond acceptors (Lipinski definition) is 0. The van der Waals surface area contributed by atoms with Gasteiger partial charge in [0.15, 0.2) is 0 Å².